The summed E-state index contributed by atoms with van der Waals surface area (Å²) in [5, 5.41) is 5.44. The van der Waals surface area contributed by atoms with Crippen LogP contribution in [-0.4, -0.2) is 17.6 Å². The smallest absolute Gasteiger partial charge is 0.234 e. The zero-order valence-corrected chi connectivity index (χ0v) is 15.2. The molecule has 0 spiro atoms. The topological polar surface area (TPSA) is 58.2 Å². The Morgan fingerprint density at radius 1 is 1.08 bits per heavy atom. The van der Waals surface area contributed by atoms with Crippen molar-refractivity contribution in [2.75, 3.05) is 16.4 Å². The molecule has 0 radical (unpaired) electrons. The van der Waals surface area contributed by atoms with E-state index in [1.54, 1.807) is 6.07 Å². The summed E-state index contributed by atoms with van der Waals surface area (Å²) in [6, 6.07) is 11.3. The second-order valence-corrected chi connectivity index (χ2v) is 6.75. The van der Waals surface area contributed by atoms with Crippen molar-refractivity contribution < 1.29 is 14.0 Å². The van der Waals surface area contributed by atoms with E-state index in [4.69, 9.17) is 11.6 Å². The molecule has 0 saturated heterocycles. The molecular weight excluding hydrogens is 363 g/mol. The van der Waals surface area contributed by atoms with E-state index in [0.29, 0.717) is 17.8 Å². The SMILES string of the molecule is CCCC(=O)Nc1cccc(SCC(=O)Nc2ccc(F)c(Cl)c2)c1. The molecule has 0 aliphatic rings. The maximum Gasteiger partial charge on any atom is 0.234 e. The number of hydrogen-bond donors (Lipinski definition) is 2. The number of amides is 2. The first kappa shape index (κ1) is 19.3. The van der Waals surface area contributed by atoms with E-state index in [1.807, 2.05) is 25.1 Å². The summed E-state index contributed by atoms with van der Waals surface area (Å²) in [7, 11) is 0. The molecule has 0 atom stereocenters. The Hall–Kier alpha value is -2.05. The minimum atomic E-state index is -0.532. The molecule has 132 valence electrons. The van der Waals surface area contributed by atoms with Gasteiger partial charge in [0, 0.05) is 22.7 Å². The highest BCUT2D eigenvalue weighted by atomic mass is 35.5. The van der Waals surface area contributed by atoms with E-state index in [0.717, 1.165) is 11.3 Å². The van der Waals surface area contributed by atoms with Gasteiger partial charge in [0.2, 0.25) is 11.8 Å². The molecule has 0 aliphatic carbocycles. The van der Waals surface area contributed by atoms with Gasteiger partial charge in [0.15, 0.2) is 0 Å². The molecule has 0 fully saturated rings. The van der Waals surface area contributed by atoms with Crippen LogP contribution in [0.25, 0.3) is 0 Å². The van der Waals surface area contributed by atoms with Gasteiger partial charge in [-0.2, -0.15) is 0 Å². The van der Waals surface area contributed by atoms with Crippen molar-refractivity contribution in [3.05, 3.63) is 53.3 Å². The van der Waals surface area contributed by atoms with Crippen LogP contribution in [0.15, 0.2) is 47.4 Å². The Labute approximate surface area is 155 Å². The zero-order chi connectivity index (χ0) is 18.2. The van der Waals surface area contributed by atoms with Crippen LogP contribution in [0.5, 0.6) is 0 Å². The summed E-state index contributed by atoms with van der Waals surface area (Å²) >= 11 is 7.02. The first-order valence-corrected chi connectivity index (χ1v) is 9.12. The predicted octanol–water partition coefficient (Wildman–Crippen LogP) is 4.95. The van der Waals surface area contributed by atoms with E-state index >= 15 is 0 Å². The van der Waals surface area contributed by atoms with E-state index in [-0.39, 0.29) is 22.6 Å². The average Bonchev–Trinajstić information content (AvgIpc) is 2.57. The van der Waals surface area contributed by atoms with Gasteiger partial charge < -0.3 is 10.6 Å². The molecule has 0 heterocycles. The number of halogens is 2. The quantitative estimate of drug-likeness (QED) is 0.668. The highest BCUT2D eigenvalue weighted by Gasteiger charge is 2.07. The highest BCUT2D eigenvalue weighted by Crippen LogP contribution is 2.23. The summed E-state index contributed by atoms with van der Waals surface area (Å²) in [5.41, 5.74) is 1.15. The van der Waals surface area contributed by atoms with Crippen LogP contribution in [0.1, 0.15) is 19.8 Å². The normalized spacial score (nSPS) is 10.4. The Balaban J connectivity index is 1.88. The largest absolute Gasteiger partial charge is 0.326 e. The third kappa shape index (κ3) is 6.40. The van der Waals surface area contributed by atoms with Crippen molar-refractivity contribution in [3.63, 3.8) is 0 Å². The van der Waals surface area contributed by atoms with Crippen LogP contribution in [0.3, 0.4) is 0 Å². The lowest BCUT2D eigenvalue weighted by molar-refractivity contribution is -0.116. The van der Waals surface area contributed by atoms with E-state index in [9.17, 15) is 14.0 Å². The standard InChI is InChI=1S/C18H18ClFN2O2S/c1-2-4-17(23)21-12-5-3-6-14(9-12)25-11-18(24)22-13-7-8-16(20)15(19)10-13/h3,5-10H,2,4,11H2,1H3,(H,21,23)(H,22,24). The number of carbonyl (C=O) groups excluding carboxylic acids is 2. The van der Waals surface area contributed by atoms with Gasteiger partial charge in [-0.05, 0) is 42.8 Å². The molecule has 0 bridgehead atoms. The minimum absolute atomic E-state index is 0.0319. The summed E-state index contributed by atoms with van der Waals surface area (Å²) in [6.07, 6.45) is 1.26. The molecule has 0 saturated carbocycles. The molecule has 0 aliphatic heterocycles. The molecule has 2 rings (SSSR count). The van der Waals surface area contributed by atoms with Crippen LogP contribution in [-0.2, 0) is 9.59 Å². The molecule has 7 heteroatoms. The van der Waals surface area contributed by atoms with Crippen molar-refractivity contribution in [2.24, 2.45) is 0 Å². The maximum absolute atomic E-state index is 13.1. The molecule has 2 amide bonds. The number of thioether (sulfide) groups is 1. The van der Waals surface area contributed by atoms with Crippen molar-refractivity contribution >= 4 is 46.6 Å². The Kier molecular flexibility index (Phi) is 7.28. The maximum atomic E-state index is 13.1. The summed E-state index contributed by atoms with van der Waals surface area (Å²) in [6.45, 7) is 1.94. The molecule has 0 unspecified atom stereocenters. The Morgan fingerprint density at radius 3 is 2.52 bits per heavy atom. The number of benzene rings is 2. The minimum Gasteiger partial charge on any atom is -0.326 e. The van der Waals surface area contributed by atoms with Gasteiger partial charge in [0.1, 0.15) is 5.82 Å². The highest BCUT2D eigenvalue weighted by molar-refractivity contribution is 8.00. The van der Waals surface area contributed by atoms with Gasteiger partial charge in [-0.1, -0.05) is 24.6 Å². The van der Waals surface area contributed by atoms with Gasteiger partial charge in [-0.3, -0.25) is 9.59 Å². The number of rotatable bonds is 7. The first-order chi connectivity index (χ1) is 12.0. The fraction of sp³-hybridized carbons (Fsp3) is 0.222. The fourth-order valence-electron chi connectivity index (χ4n) is 2.03. The molecule has 0 aromatic heterocycles. The number of anilines is 2. The van der Waals surface area contributed by atoms with Gasteiger partial charge >= 0.3 is 0 Å². The fourth-order valence-corrected chi connectivity index (χ4v) is 2.97. The lowest BCUT2D eigenvalue weighted by atomic mass is 10.3. The third-order valence-corrected chi connectivity index (χ3v) is 4.45. The van der Waals surface area contributed by atoms with Crippen molar-refractivity contribution in [1.82, 2.24) is 0 Å². The second kappa shape index (κ2) is 9.44. The molecule has 2 aromatic carbocycles. The summed E-state index contributed by atoms with van der Waals surface area (Å²) < 4.78 is 13.1. The third-order valence-electron chi connectivity index (χ3n) is 3.17. The van der Waals surface area contributed by atoms with Gasteiger partial charge in [0.05, 0.1) is 10.8 Å². The average molecular weight is 381 g/mol. The van der Waals surface area contributed by atoms with Crippen molar-refractivity contribution in [3.8, 4) is 0 Å². The number of hydrogen-bond acceptors (Lipinski definition) is 3. The molecule has 25 heavy (non-hydrogen) atoms. The van der Waals surface area contributed by atoms with Gasteiger partial charge in [-0.15, -0.1) is 11.8 Å². The molecular formula is C18H18ClFN2O2S. The predicted molar refractivity (Wildman–Crippen MR) is 101 cm³/mol. The van der Waals surface area contributed by atoms with Crippen LogP contribution < -0.4 is 10.6 Å². The molecule has 4 nitrogen and oxygen atoms in total. The van der Waals surface area contributed by atoms with Crippen molar-refractivity contribution in [1.29, 1.82) is 0 Å². The Bertz CT molecular complexity index is 770. The summed E-state index contributed by atoms with van der Waals surface area (Å²) in [5.74, 6) is -0.610. The van der Waals surface area contributed by atoms with Gasteiger partial charge in [0.25, 0.3) is 0 Å². The Morgan fingerprint density at radius 2 is 1.80 bits per heavy atom. The second-order valence-electron chi connectivity index (χ2n) is 5.29. The first-order valence-electron chi connectivity index (χ1n) is 7.75. The van der Waals surface area contributed by atoms with Crippen molar-refractivity contribution in [2.45, 2.75) is 24.7 Å². The number of carbonyl (C=O) groups is 2. The van der Waals surface area contributed by atoms with E-state index in [1.165, 1.54) is 30.0 Å². The monoisotopic (exact) mass is 380 g/mol. The number of nitrogens with one attached hydrogen (secondary N) is 2. The molecule has 2 aromatic rings. The van der Waals surface area contributed by atoms with Gasteiger partial charge in [-0.25, -0.2) is 4.39 Å². The lowest BCUT2D eigenvalue weighted by Gasteiger charge is -2.08. The van der Waals surface area contributed by atoms with Crippen LogP contribution >= 0.6 is 23.4 Å². The van der Waals surface area contributed by atoms with E-state index < -0.39 is 5.82 Å². The summed E-state index contributed by atoms with van der Waals surface area (Å²) in [4.78, 5) is 24.5. The molecule has 2 N–H and O–H groups in total. The van der Waals surface area contributed by atoms with E-state index in [2.05, 4.69) is 10.6 Å². The van der Waals surface area contributed by atoms with Crippen LogP contribution in [0.4, 0.5) is 15.8 Å². The van der Waals surface area contributed by atoms with Crippen LogP contribution in [0.2, 0.25) is 5.02 Å². The lowest BCUT2D eigenvalue weighted by Crippen LogP contribution is -2.14. The van der Waals surface area contributed by atoms with Crippen LogP contribution in [0, 0.1) is 5.82 Å². The zero-order valence-electron chi connectivity index (χ0n) is 13.6.